The van der Waals surface area contributed by atoms with Gasteiger partial charge in [0.05, 0.1) is 29.0 Å². The lowest BCUT2D eigenvalue weighted by atomic mass is 10.1. The molecule has 0 aromatic carbocycles. The molecule has 110 valence electrons. The molecule has 0 radical (unpaired) electrons. The van der Waals surface area contributed by atoms with Gasteiger partial charge in [0.1, 0.15) is 6.33 Å². The Morgan fingerprint density at radius 2 is 2.00 bits per heavy atom. The van der Waals surface area contributed by atoms with Crippen LogP contribution in [0.4, 0.5) is 0 Å². The predicted molar refractivity (Wildman–Crippen MR) is 81.4 cm³/mol. The number of halogens is 1. The van der Waals surface area contributed by atoms with E-state index in [1.54, 1.807) is 6.33 Å². The van der Waals surface area contributed by atoms with Crippen LogP contribution in [0.3, 0.4) is 0 Å². The van der Waals surface area contributed by atoms with Crippen LogP contribution in [0, 0.1) is 6.92 Å². The van der Waals surface area contributed by atoms with Crippen molar-refractivity contribution in [3.8, 4) is 0 Å². The van der Waals surface area contributed by atoms with Crippen LogP contribution < -0.4 is 5.32 Å². The SMILES string of the molecule is Cc1nn(C)c(Cn2cnc(CNC(C)(C)C)n2)c1Br. The second kappa shape index (κ2) is 5.65. The third-order valence-corrected chi connectivity index (χ3v) is 3.97. The molecule has 0 aliphatic rings. The van der Waals surface area contributed by atoms with E-state index in [2.05, 4.69) is 57.2 Å². The molecule has 2 rings (SSSR count). The second-order valence-corrected chi connectivity index (χ2v) is 6.72. The molecule has 0 amide bonds. The summed E-state index contributed by atoms with van der Waals surface area (Å²) in [5.41, 5.74) is 2.13. The molecule has 0 fully saturated rings. The number of hydrogen-bond acceptors (Lipinski definition) is 4. The van der Waals surface area contributed by atoms with Crippen LogP contribution in [0.5, 0.6) is 0 Å². The summed E-state index contributed by atoms with van der Waals surface area (Å²) >= 11 is 3.56. The van der Waals surface area contributed by atoms with Gasteiger partial charge in [-0.05, 0) is 43.6 Å². The standard InChI is InChI=1S/C13H21BrN6/c1-9-12(14)10(19(5)17-9)7-20-8-15-11(18-20)6-16-13(2,3)4/h8,16H,6-7H2,1-5H3. The maximum Gasteiger partial charge on any atom is 0.164 e. The third-order valence-electron chi connectivity index (χ3n) is 2.93. The normalized spacial score (nSPS) is 12.1. The summed E-state index contributed by atoms with van der Waals surface area (Å²) in [6.07, 6.45) is 1.76. The molecule has 0 bridgehead atoms. The molecule has 0 aliphatic heterocycles. The Labute approximate surface area is 127 Å². The van der Waals surface area contributed by atoms with Crippen molar-refractivity contribution >= 4 is 15.9 Å². The van der Waals surface area contributed by atoms with Crippen LogP contribution in [0.1, 0.15) is 38.0 Å². The zero-order valence-electron chi connectivity index (χ0n) is 12.6. The quantitative estimate of drug-likeness (QED) is 0.924. The van der Waals surface area contributed by atoms with Gasteiger partial charge < -0.3 is 5.32 Å². The van der Waals surface area contributed by atoms with Crippen molar-refractivity contribution in [2.45, 2.75) is 46.3 Å². The van der Waals surface area contributed by atoms with Gasteiger partial charge in [0.25, 0.3) is 0 Å². The molecule has 20 heavy (non-hydrogen) atoms. The van der Waals surface area contributed by atoms with Gasteiger partial charge in [0, 0.05) is 12.6 Å². The highest BCUT2D eigenvalue weighted by molar-refractivity contribution is 9.10. The van der Waals surface area contributed by atoms with E-state index in [0.29, 0.717) is 13.1 Å². The minimum Gasteiger partial charge on any atom is -0.305 e. The van der Waals surface area contributed by atoms with Gasteiger partial charge >= 0.3 is 0 Å². The Hall–Kier alpha value is -1.21. The van der Waals surface area contributed by atoms with Crippen molar-refractivity contribution in [1.82, 2.24) is 29.9 Å². The zero-order valence-corrected chi connectivity index (χ0v) is 14.2. The molecule has 0 unspecified atom stereocenters. The molecule has 0 atom stereocenters. The Morgan fingerprint density at radius 3 is 2.55 bits per heavy atom. The van der Waals surface area contributed by atoms with Gasteiger partial charge in [0.15, 0.2) is 5.82 Å². The van der Waals surface area contributed by atoms with E-state index >= 15 is 0 Å². The lowest BCUT2D eigenvalue weighted by Gasteiger charge is -2.19. The number of hydrogen-bond donors (Lipinski definition) is 1. The van der Waals surface area contributed by atoms with Crippen molar-refractivity contribution in [2.75, 3.05) is 0 Å². The molecule has 0 saturated heterocycles. The maximum atomic E-state index is 4.48. The summed E-state index contributed by atoms with van der Waals surface area (Å²) in [5, 5.41) is 12.2. The first-order valence-electron chi connectivity index (χ1n) is 6.57. The first-order chi connectivity index (χ1) is 9.26. The van der Waals surface area contributed by atoms with Crippen LogP contribution in [0.15, 0.2) is 10.8 Å². The molecule has 2 aromatic rings. The zero-order chi connectivity index (χ0) is 14.9. The molecule has 2 aromatic heterocycles. The summed E-state index contributed by atoms with van der Waals surface area (Å²) in [4.78, 5) is 4.33. The highest BCUT2D eigenvalue weighted by atomic mass is 79.9. The van der Waals surface area contributed by atoms with E-state index in [9.17, 15) is 0 Å². The largest absolute Gasteiger partial charge is 0.305 e. The minimum atomic E-state index is 0.0631. The lowest BCUT2D eigenvalue weighted by Crippen LogP contribution is -2.35. The smallest absolute Gasteiger partial charge is 0.164 e. The van der Waals surface area contributed by atoms with Gasteiger partial charge in [-0.25, -0.2) is 9.67 Å². The monoisotopic (exact) mass is 340 g/mol. The average molecular weight is 341 g/mol. The Bertz CT molecular complexity index is 593. The number of aromatic nitrogens is 5. The van der Waals surface area contributed by atoms with Crippen molar-refractivity contribution < 1.29 is 0 Å². The lowest BCUT2D eigenvalue weighted by molar-refractivity contribution is 0.416. The molecular weight excluding hydrogens is 320 g/mol. The molecule has 2 heterocycles. The second-order valence-electron chi connectivity index (χ2n) is 5.93. The van der Waals surface area contributed by atoms with E-state index in [1.165, 1.54) is 0 Å². The Kier molecular flexibility index (Phi) is 4.29. The molecule has 1 N–H and O–H groups in total. The van der Waals surface area contributed by atoms with E-state index in [-0.39, 0.29) is 5.54 Å². The molecule has 0 spiro atoms. The van der Waals surface area contributed by atoms with E-state index < -0.39 is 0 Å². The predicted octanol–water partition coefficient (Wildman–Crippen LogP) is 2.02. The summed E-state index contributed by atoms with van der Waals surface area (Å²) in [7, 11) is 1.94. The summed E-state index contributed by atoms with van der Waals surface area (Å²) in [6, 6.07) is 0. The van der Waals surface area contributed by atoms with Gasteiger partial charge in [-0.2, -0.15) is 10.2 Å². The first-order valence-corrected chi connectivity index (χ1v) is 7.37. The fourth-order valence-electron chi connectivity index (χ4n) is 1.84. The highest BCUT2D eigenvalue weighted by Crippen LogP contribution is 2.20. The average Bonchev–Trinajstić information content (AvgIpc) is 2.87. The van der Waals surface area contributed by atoms with Gasteiger partial charge in [0.2, 0.25) is 0 Å². The number of nitrogens with one attached hydrogen (secondary N) is 1. The van der Waals surface area contributed by atoms with Crippen molar-refractivity contribution in [1.29, 1.82) is 0 Å². The van der Waals surface area contributed by atoms with Crippen molar-refractivity contribution in [3.63, 3.8) is 0 Å². The number of aryl methyl sites for hydroxylation is 2. The molecule has 0 aliphatic carbocycles. The highest BCUT2D eigenvalue weighted by Gasteiger charge is 2.13. The minimum absolute atomic E-state index is 0.0631. The summed E-state index contributed by atoms with van der Waals surface area (Å²) < 4.78 is 4.74. The number of rotatable bonds is 4. The third kappa shape index (κ3) is 3.67. The fourth-order valence-corrected chi connectivity index (χ4v) is 2.30. The van der Waals surface area contributed by atoms with Gasteiger partial charge in [-0.3, -0.25) is 4.68 Å². The Balaban J connectivity index is 2.06. The molecular formula is C13H21BrN6. The van der Waals surface area contributed by atoms with Crippen LogP contribution >= 0.6 is 15.9 Å². The van der Waals surface area contributed by atoms with Crippen LogP contribution in [-0.2, 0) is 20.1 Å². The van der Waals surface area contributed by atoms with E-state index in [1.807, 2.05) is 23.3 Å². The van der Waals surface area contributed by atoms with Crippen molar-refractivity contribution in [2.24, 2.45) is 7.05 Å². The van der Waals surface area contributed by atoms with E-state index in [4.69, 9.17) is 0 Å². The first kappa shape index (κ1) is 15.2. The summed E-state index contributed by atoms with van der Waals surface area (Å²) in [6.45, 7) is 9.68. The van der Waals surface area contributed by atoms with Crippen LogP contribution in [-0.4, -0.2) is 30.1 Å². The Morgan fingerprint density at radius 1 is 1.30 bits per heavy atom. The topological polar surface area (TPSA) is 60.6 Å². The fraction of sp³-hybridized carbons (Fsp3) is 0.615. The molecule has 6 nitrogen and oxygen atoms in total. The summed E-state index contributed by atoms with van der Waals surface area (Å²) in [5.74, 6) is 0.801. The van der Waals surface area contributed by atoms with Crippen LogP contribution in [0.25, 0.3) is 0 Å². The molecule has 7 heteroatoms. The maximum absolute atomic E-state index is 4.48. The van der Waals surface area contributed by atoms with Crippen molar-refractivity contribution in [3.05, 3.63) is 28.0 Å². The molecule has 0 saturated carbocycles. The van der Waals surface area contributed by atoms with Gasteiger partial charge in [-0.1, -0.05) is 0 Å². The van der Waals surface area contributed by atoms with Crippen LogP contribution in [0.2, 0.25) is 0 Å². The van der Waals surface area contributed by atoms with E-state index in [0.717, 1.165) is 21.7 Å². The number of nitrogens with zero attached hydrogens (tertiary/aromatic N) is 5. The van der Waals surface area contributed by atoms with Gasteiger partial charge in [-0.15, -0.1) is 0 Å².